The Bertz CT molecular complexity index is 428. The van der Waals surface area contributed by atoms with Crippen molar-refractivity contribution in [3.8, 4) is 5.75 Å². The Morgan fingerprint density at radius 1 is 1.38 bits per heavy atom. The van der Waals surface area contributed by atoms with Crippen molar-refractivity contribution in [3.63, 3.8) is 0 Å². The minimum Gasteiger partial charge on any atom is -0.496 e. The predicted molar refractivity (Wildman–Crippen MR) is 83.7 cm³/mol. The van der Waals surface area contributed by atoms with Crippen molar-refractivity contribution in [1.82, 2.24) is 10.2 Å². The molecule has 0 unspecified atom stereocenters. The van der Waals surface area contributed by atoms with Crippen LogP contribution < -0.4 is 10.1 Å². The summed E-state index contributed by atoms with van der Waals surface area (Å²) in [6.07, 6.45) is 1.50. The topological polar surface area (TPSA) is 44.7 Å². The summed E-state index contributed by atoms with van der Waals surface area (Å²) in [6, 6.07) is 4.75. The van der Waals surface area contributed by atoms with E-state index in [1.165, 1.54) is 6.07 Å². The van der Waals surface area contributed by atoms with Crippen LogP contribution >= 0.6 is 12.4 Å². The molecular weight excluding hydrogens is 295 g/mol. The molecule has 1 aliphatic heterocycles. The lowest BCUT2D eigenvalue weighted by Gasteiger charge is -2.35. The maximum atomic E-state index is 13.6. The van der Waals surface area contributed by atoms with Crippen LogP contribution in [0.5, 0.6) is 5.75 Å². The number of halogens is 2. The molecule has 4 nitrogen and oxygen atoms in total. The minimum atomic E-state index is -0.245. The summed E-state index contributed by atoms with van der Waals surface area (Å²) in [5, 5.41) is 12.4. The molecule has 0 amide bonds. The average Bonchev–Trinajstić information content (AvgIpc) is 2.49. The summed E-state index contributed by atoms with van der Waals surface area (Å²) in [7, 11) is 1.61. The Hall–Kier alpha value is -0.880. The summed E-state index contributed by atoms with van der Waals surface area (Å²) in [4.78, 5) is 2.34. The summed E-state index contributed by atoms with van der Waals surface area (Å²) in [5.41, 5.74) is 0.878. The average molecular weight is 319 g/mol. The van der Waals surface area contributed by atoms with Gasteiger partial charge in [0.25, 0.3) is 0 Å². The monoisotopic (exact) mass is 318 g/mol. The molecule has 0 bridgehead atoms. The van der Waals surface area contributed by atoms with E-state index in [1.807, 2.05) is 0 Å². The molecule has 1 atom stereocenters. The highest BCUT2D eigenvalue weighted by Gasteiger charge is 2.24. The third-order valence-electron chi connectivity index (χ3n) is 3.78. The van der Waals surface area contributed by atoms with E-state index in [1.54, 1.807) is 19.2 Å². The van der Waals surface area contributed by atoms with Gasteiger partial charge in [0.05, 0.1) is 7.11 Å². The molecule has 0 aliphatic carbocycles. The first kappa shape index (κ1) is 18.2. The Labute approximate surface area is 131 Å². The number of hydrogen-bond acceptors (Lipinski definition) is 4. The van der Waals surface area contributed by atoms with Gasteiger partial charge in [-0.25, -0.2) is 4.39 Å². The van der Waals surface area contributed by atoms with E-state index in [0.29, 0.717) is 12.2 Å². The number of hydrogen-bond donors (Lipinski definition) is 2. The molecule has 120 valence electrons. The molecule has 1 saturated heterocycles. The van der Waals surface area contributed by atoms with Crippen molar-refractivity contribution < 1.29 is 14.2 Å². The summed E-state index contributed by atoms with van der Waals surface area (Å²) < 4.78 is 19.0. The number of piperazine rings is 1. The van der Waals surface area contributed by atoms with Crippen LogP contribution in [0.2, 0.25) is 0 Å². The second-order valence-corrected chi connectivity index (χ2v) is 5.05. The van der Waals surface area contributed by atoms with Gasteiger partial charge in [0.2, 0.25) is 0 Å². The first-order valence-corrected chi connectivity index (χ1v) is 7.15. The molecule has 21 heavy (non-hydrogen) atoms. The first-order chi connectivity index (χ1) is 9.76. The van der Waals surface area contributed by atoms with Crippen molar-refractivity contribution in [2.24, 2.45) is 0 Å². The fourth-order valence-electron chi connectivity index (χ4n) is 2.78. The highest BCUT2D eigenvalue weighted by molar-refractivity contribution is 5.85. The molecule has 0 aromatic heterocycles. The summed E-state index contributed by atoms with van der Waals surface area (Å²) in [5.74, 6) is 0.470. The van der Waals surface area contributed by atoms with Crippen LogP contribution in [0.3, 0.4) is 0 Å². The van der Waals surface area contributed by atoms with Gasteiger partial charge in [0.1, 0.15) is 11.6 Å². The fraction of sp³-hybridized carbons (Fsp3) is 0.600. The maximum Gasteiger partial charge on any atom is 0.123 e. The van der Waals surface area contributed by atoms with Gasteiger partial charge in [-0.15, -0.1) is 12.4 Å². The number of methoxy groups -OCH3 is 1. The molecule has 1 heterocycles. The van der Waals surface area contributed by atoms with Crippen LogP contribution in [0, 0.1) is 5.82 Å². The van der Waals surface area contributed by atoms with Crippen LogP contribution in [0.1, 0.15) is 24.4 Å². The molecule has 2 rings (SSSR count). The van der Waals surface area contributed by atoms with E-state index >= 15 is 0 Å². The lowest BCUT2D eigenvalue weighted by molar-refractivity contribution is 0.152. The molecule has 0 spiro atoms. The lowest BCUT2D eigenvalue weighted by atomic mass is 9.98. The quantitative estimate of drug-likeness (QED) is 0.842. The zero-order chi connectivity index (χ0) is 14.4. The number of aliphatic hydroxyl groups excluding tert-OH is 1. The van der Waals surface area contributed by atoms with Gasteiger partial charge in [-0.3, -0.25) is 4.90 Å². The molecule has 0 radical (unpaired) electrons. The molecule has 0 saturated carbocycles. The van der Waals surface area contributed by atoms with E-state index in [2.05, 4.69) is 10.2 Å². The van der Waals surface area contributed by atoms with Gasteiger partial charge < -0.3 is 15.2 Å². The van der Waals surface area contributed by atoms with Gasteiger partial charge >= 0.3 is 0 Å². The normalized spacial score (nSPS) is 17.1. The van der Waals surface area contributed by atoms with E-state index in [4.69, 9.17) is 9.84 Å². The Morgan fingerprint density at radius 3 is 2.71 bits per heavy atom. The SMILES string of the molecule is COc1ccc(F)cc1[C@H](CCCO)N1CCNCC1.Cl. The molecular formula is C15H24ClFN2O2. The van der Waals surface area contributed by atoms with Gasteiger partial charge in [0.15, 0.2) is 0 Å². The third-order valence-corrected chi connectivity index (χ3v) is 3.78. The second kappa shape index (κ2) is 9.20. The van der Waals surface area contributed by atoms with E-state index in [9.17, 15) is 4.39 Å². The number of nitrogens with zero attached hydrogens (tertiary/aromatic N) is 1. The molecule has 6 heteroatoms. The summed E-state index contributed by atoms with van der Waals surface area (Å²) in [6.45, 7) is 3.88. The van der Waals surface area contributed by atoms with Crippen LogP contribution in [0.25, 0.3) is 0 Å². The lowest BCUT2D eigenvalue weighted by Crippen LogP contribution is -2.45. The maximum absolute atomic E-state index is 13.6. The van der Waals surface area contributed by atoms with Gasteiger partial charge in [-0.2, -0.15) is 0 Å². The van der Waals surface area contributed by atoms with Crippen LogP contribution in [-0.2, 0) is 0 Å². The number of benzene rings is 1. The van der Waals surface area contributed by atoms with Gasteiger partial charge in [-0.05, 0) is 31.0 Å². The van der Waals surface area contributed by atoms with Gasteiger partial charge in [0, 0.05) is 44.4 Å². The van der Waals surface area contributed by atoms with Crippen molar-refractivity contribution in [1.29, 1.82) is 0 Å². The Morgan fingerprint density at radius 2 is 2.10 bits per heavy atom. The van der Waals surface area contributed by atoms with E-state index < -0.39 is 0 Å². The number of nitrogens with one attached hydrogen (secondary N) is 1. The highest BCUT2D eigenvalue weighted by Crippen LogP contribution is 2.33. The zero-order valence-corrected chi connectivity index (χ0v) is 13.2. The smallest absolute Gasteiger partial charge is 0.123 e. The third kappa shape index (κ3) is 4.81. The van der Waals surface area contributed by atoms with Crippen molar-refractivity contribution in [2.45, 2.75) is 18.9 Å². The highest BCUT2D eigenvalue weighted by atomic mass is 35.5. The largest absolute Gasteiger partial charge is 0.496 e. The van der Waals surface area contributed by atoms with Crippen LogP contribution in [0.4, 0.5) is 4.39 Å². The molecule has 1 aromatic rings. The Balaban J connectivity index is 0.00000220. The molecule has 1 aliphatic rings. The minimum absolute atomic E-state index is 0. The van der Waals surface area contributed by atoms with Crippen LogP contribution in [0.15, 0.2) is 18.2 Å². The first-order valence-electron chi connectivity index (χ1n) is 7.15. The predicted octanol–water partition coefficient (Wildman–Crippen LogP) is 1.97. The van der Waals surface area contributed by atoms with Crippen LogP contribution in [-0.4, -0.2) is 49.9 Å². The van der Waals surface area contributed by atoms with E-state index in [0.717, 1.165) is 38.2 Å². The number of ether oxygens (including phenoxy) is 1. The zero-order valence-electron chi connectivity index (χ0n) is 12.3. The van der Waals surface area contributed by atoms with Crippen molar-refractivity contribution >= 4 is 12.4 Å². The number of aliphatic hydroxyl groups is 1. The Kier molecular flexibility index (Phi) is 7.96. The fourth-order valence-corrected chi connectivity index (χ4v) is 2.78. The van der Waals surface area contributed by atoms with Crippen molar-refractivity contribution in [2.75, 3.05) is 39.9 Å². The summed E-state index contributed by atoms with van der Waals surface area (Å²) >= 11 is 0. The molecule has 1 aromatic carbocycles. The number of rotatable bonds is 6. The molecule has 2 N–H and O–H groups in total. The standard InChI is InChI=1S/C15H23FN2O2.ClH/c1-20-15-5-4-12(16)11-13(15)14(3-2-10-19)18-8-6-17-7-9-18;/h4-5,11,14,17,19H,2-3,6-10H2,1H3;1H/t14-;/m0./s1. The van der Waals surface area contributed by atoms with E-state index in [-0.39, 0.29) is 30.9 Å². The van der Waals surface area contributed by atoms with Gasteiger partial charge in [-0.1, -0.05) is 0 Å². The van der Waals surface area contributed by atoms with Crippen molar-refractivity contribution in [3.05, 3.63) is 29.6 Å². The molecule has 1 fully saturated rings. The second-order valence-electron chi connectivity index (χ2n) is 5.05.